The lowest BCUT2D eigenvalue weighted by Gasteiger charge is -2.32. The topological polar surface area (TPSA) is 29.4 Å². The molecule has 2 aromatic rings. The van der Waals surface area contributed by atoms with Crippen LogP contribution in [0.5, 0.6) is 0 Å². The molecule has 0 saturated heterocycles. The van der Waals surface area contributed by atoms with Crippen LogP contribution in [-0.4, -0.2) is 17.0 Å². The molecular weight excluding hydrogens is 294 g/mol. The minimum absolute atomic E-state index is 0.141. The van der Waals surface area contributed by atoms with Crippen molar-refractivity contribution in [3.63, 3.8) is 0 Å². The molecule has 0 aliphatic carbocycles. The predicted molar refractivity (Wildman–Crippen MR) is 100 cm³/mol. The van der Waals surface area contributed by atoms with Gasteiger partial charge in [0.05, 0.1) is 17.2 Å². The summed E-state index contributed by atoms with van der Waals surface area (Å²) >= 11 is 0. The number of carbonyl (C=O) groups is 1. The van der Waals surface area contributed by atoms with Crippen LogP contribution >= 0.6 is 0 Å². The van der Waals surface area contributed by atoms with Crippen LogP contribution in [0.25, 0.3) is 0 Å². The maximum Gasteiger partial charge on any atom is 0.143 e. The Morgan fingerprint density at radius 1 is 1.08 bits per heavy atom. The van der Waals surface area contributed by atoms with Crippen LogP contribution in [0.3, 0.4) is 0 Å². The van der Waals surface area contributed by atoms with E-state index in [1.165, 1.54) is 16.7 Å². The molecule has 0 saturated carbocycles. The molecule has 3 rings (SSSR count). The maximum atomic E-state index is 12.5. The molecule has 0 fully saturated rings. The highest BCUT2D eigenvalue weighted by atomic mass is 16.1. The number of aryl methyl sites for hydroxylation is 2. The van der Waals surface area contributed by atoms with Gasteiger partial charge >= 0.3 is 0 Å². The van der Waals surface area contributed by atoms with Gasteiger partial charge in [-0.15, -0.1) is 0 Å². The van der Waals surface area contributed by atoms with Crippen molar-refractivity contribution < 1.29 is 4.79 Å². The van der Waals surface area contributed by atoms with E-state index in [4.69, 9.17) is 4.99 Å². The van der Waals surface area contributed by atoms with Crippen LogP contribution in [0.2, 0.25) is 0 Å². The molecule has 0 bridgehead atoms. The molecule has 1 heterocycles. The highest BCUT2D eigenvalue weighted by molar-refractivity contribution is 6.18. The second kappa shape index (κ2) is 6.01. The van der Waals surface area contributed by atoms with Gasteiger partial charge in [-0.05, 0) is 69.4 Å². The fourth-order valence-corrected chi connectivity index (χ4v) is 3.60. The number of carbonyl (C=O) groups excluding carboxylic acids is 1. The number of aliphatic imine (C=N–C) groups is 1. The molecule has 0 aromatic heterocycles. The first kappa shape index (κ1) is 16.6. The number of fused-ring (bicyclic) bond motifs is 1. The zero-order valence-corrected chi connectivity index (χ0v) is 15.2. The summed E-state index contributed by atoms with van der Waals surface area (Å²) in [6.07, 6.45) is 0.909. The zero-order chi connectivity index (χ0) is 17.5. The normalized spacial score (nSPS) is 17.0. The smallest absolute Gasteiger partial charge is 0.143 e. The molecule has 0 amide bonds. The first-order valence-corrected chi connectivity index (χ1v) is 8.54. The van der Waals surface area contributed by atoms with Gasteiger partial charge in [0.1, 0.15) is 5.78 Å². The predicted octanol–water partition coefficient (Wildman–Crippen LogP) is 4.80. The second-order valence-electron chi connectivity index (χ2n) is 7.53. The fraction of sp³-hybridized carbons (Fsp3) is 0.364. The number of ketones is 1. The molecule has 1 atom stereocenters. The van der Waals surface area contributed by atoms with Crippen LogP contribution in [0.4, 0.5) is 0 Å². The summed E-state index contributed by atoms with van der Waals surface area (Å²) in [5.74, 6) is -0.159. The van der Waals surface area contributed by atoms with Gasteiger partial charge < -0.3 is 0 Å². The van der Waals surface area contributed by atoms with E-state index < -0.39 is 0 Å². The Morgan fingerprint density at radius 2 is 1.71 bits per heavy atom. The van der Waals surface area contributed by atoms with E-state index in [0.717, 1.165) is 23.3 Å². The van der Waals surface area contributed by atoms with Crippen LogP contribution in [0.1, 0.15) is 54.5 Å². The number of benzene rings is 2. The first-order chi connectivity index (χ1) is 11.3. The average molecular weight is 319 g/mol. The molecule has 24 heavy (non-hydrogen) atoms. The third-order valence-corrected chi connectivity index (χ3v) is 4.85. The average Bonchev–Trinajstić information content (AvgIpc) is 2.49. The number of Topliss-reactive ketones (excluding diaryl/α,β-unsaturated/α-hetero) is 1. The Hall–Kier alpha value is -2.22. The van der Waals surface area contributed by atoms with Crippen molar-refractivity contribution in [1.29, 1.82) is 0 Å². The zero-order valence-electron chi connectivity index (χ0n) is 15.2. The molecule has 0 radical (unpaired) electrons. The van der Waals surface area contributed by atoms with Crippen molar-refractivity contribution in [3.05, 3.63) is 70.3 Å². The summed E-state index contributed by atoms with van der Waals surface area (Å²) in [5, 5.41) is 0. The van der Waals surface area contributed by atoms with Gasteiger partial charge in [0.15, 0.2) is 0 Å². The highest BCUT2D eigenvalue weighted by Gasteiger charge is 2.33. The van der Waals surface area contributed by atoms with Gasteiger partial charge in [0.2, 0.25) is 0 Å². The van der Waals surface area contributed by atoms with Gasteiger partial charge in [0, 0.05) is 5.56 Å². The fourth-order valence-electron chi connectivity index (χ4n) is 3.60. The van der Waals surface area contributed by atoms with E-state index in [0.29, 0.717) is 0 Å². The van der Waals surface area contributed by atoms with Crippen molar-refractivity contribution >= 4 is 11.5 Å². The van der Waals surface area contributed by atoms with Gasteiger partial charge in [-0.2, -0.15) is 0 Å². The van der Waals surface area contributed by atoms with Crippen molar-refractivity contribution in [3.8, 4) is 0 Å². The van der Waals surface area contributed by atoms with Crippen LogP contribution < -0.4 is 0 Å². The van der Waals surface area contributed by atoms with E-state index in [1.54, 1.807) is 6.92 Å². The third-order valence-electron chi connectivity index (χ3n) is 4.85. The molecule has 1 aliphatic heterocycles. The summed E-state index contributed by atoms with van der Waals surface area (Å²) in [5.41, 5.74) is 6.74. The molecular formula is C22H25NO. The molecule has 0 spiro atoms. The molecule has 124 valence electrons. The molecule has 1 aliphatic rings. The summed E-state index contributed by atoms with van der Waals surface area (Å²) in [6.45, 7) is 10.2. The van der Waals surface area contributed by atoms with Crippen LogP contribution in [0.15, 0.2) is 47.5 Å². The van der Waals surface area contributed by atoms with E-state index >= 15 is 0 Å². The SMILES string of the molecule is CC(=O)[C@@H](C1=NC(C)(C)Cc2cc(C)c(C)cc21)c1ccccc1. The van der Waals surface area contributed by atoms with Crippen LogP contribution in [-0.2, 0) is 11.2 Å². The molecule has 2 aromatic carbocycles. The van der Waals surface area contributed by atoms with Crippen LogP contribution in [0, 0.1) is 13.8 Å². The lowest BCUT2D eigenvalue weighted by molar-refractivity contribution is -0.117. The Balaban J connectivity index is 2.22. The standard InChI is InChI=1S/C22H25NO/c1-14-11-18-13-22(4,5)23-21(19(18)12-15(14)2)20(16(3)24)17-9-7-6-8-10-17/h6-12,20H,13H2,1-5H3/t20-/m1/s1. The second-order valence-corrected chi connectivity index (χ2v) is 7.53. The van der Waals surface area contributed by atoms with Crippen molar-refractivity contribution in [1.82, 2.24) is 0 Å². The number of nitrogens with zero attached hydrogens (tertiary/aromatic N) is 1. The summed E-state index contributed by atoms with van der Waals surface area (Å²) in [6, 6.07) is 14.5. The summed E-state index contributed by atoms with van der Waals surface area (Å²) in [4.78, 5) is 17.6. The van der Waals surface area contributed by atoms with Crippen molar-refractivity contribution in [2.45, 2.75) is 52.5 Å². The van der Waals surface area contributed by atoms with E-state index in [9.17, 15) is 4.79 Å². The van der Waals surface area contributed by atoms with E-state index in [-0.39, 0.29) is 17.2 Å². The van der Waals surface area contributed by atoms with Crippen molar-refractivity contribution in [2.24, 2.45) is 4.99 Å². The first-order valence-electron chi connectivity index (χ1n) is 8.54. The van der Waals surface area contributed by atoms with Gasteiger partial charge in [-0.25, -0.2) is 0 Å². The molecule has 0 N–H and O–H groups in total. The lowest BCUT2D eigenvalue weighted by Crippen LogP contribution is -2.33. The maximum absolute atomic E-state index is 12.5. The minimum atomic E-state index is -0.299. The summed E-state index contributed by atoms with van der Waals surface area (Å²) < 4.78 is 0. The van der Waals surface area contributed by atoms with Gasteiger partial charge in [-0.3, -0.25) is 9.79 Å². The van der Waals surface area contributed by atoms with E-state index in [2.05, 4.69) is 39.8 Å². The number of hydrogen-bond donors (Lipinski definition) is 0. The largest absolute Gasteiger partial charge is 0.299 e. The number of hydrogen-bond acceptors (Lipinski definition) is 2. The Bertz CT molecular complexity index is 815. The Labute approximate surface area is 144 Å². The van der Waals surface area contributed by atoms with E-state index in [1.807, 2.05) is 30.3 Å². The van der Waals surface area contributed by atoms with Gasteiger partial charge in [-0.1, -0.05) is 36.4 Å². The van der Waals surface area contributed by atoms with Gasteiger partial charge in [0.25, 0.3) is 0 Å². The lowest BCUT2D eigenvalue weighted by atomic mass is 9.78. The Kier molecular flexibility index (Phi) is 4.16. The quantitative estimate of drug-likeness (QED) is 0.799. The monoisotopic (exact) mass is 319 g/mol. The highest BCUT2D eigenvalue weighted by Crippen LogP contribution is 2.34. The molecule has 2 heteroatoms. The molecule has 0 unspecified atom stereocenters. The summed E-state index contributed by atoms with van der Waals surface area (Å²) in [7, 11) is 0. The Morgan fingerprint density at radius 3 is 2.33 bits per heavy atom. The number of rotatable bonds is 3. The third kappa shape index (κ3) is 3.06. The molecule has 2 nitrogen and oxygen atoms in total. The van der Waals surface area contributed by atoms with Crippen molar-refractivity contribution in [2.75, 3.05) is 0 Å². The minimum Gasteiger partial charge on any atom is -0.299 e.